The SMILES string of the molecule is O=C1N[C@]2(CC[C@@H]3CN(C(=O)c4ccccn4)C[C@@H]32)Nc2ccccc21. The summed E-state index contributed by atoms with van der Waals surface area (Å²) in [7, 11) is 0. The summed E-state index contributed by atoms with van der Waals surface area (Å²) >= 11 is 0. The summed E-state index contributed by atoms with van der Waals surface area (Å²) in [4.78, 5) is 31.5. The van der Waals surface area contributed by atoms with Crippen molar-refractivity contribution in [3.63, 3.8) is 0 Å². The fourth-order valence-corrected chi connectivity index (χ4v) is 4.78. The molecule has 1 spiro atoms. The molecule has 2 fully saturated rings. The average Bonchev–Trinajstić information content (AvgIpc) is 3.23. The van der Waals surface area contributed by atoms with E-state index in [4.69, 9.17) is 0 Å². The van der Waals surface area contributed by atoms with Crippen LogP contribution >= 0.6 is 0 Å². The average molecular weight is 348 g/mol. The van der Waals surface area contributed by atoms with Gasteiger partial charge in [0, 0.05) is 30.9 Å². The van der Waals surface area contributed by atoms with Crippen LogP contribution in [0.15, 0.2) is 48.7 Å². The topological polar surface area (TPSA) is 74.3 Å². The third-order valence-electron chi connectivity index (χ3n) is 6.02. The summed E-state index contributed by atoms with van der Waals surface area (Å²) in [6, 6.07) is 13.0. The molecule has 0 radical (unpaired) electrons. The highest BCUT2D eigenvalue weighted by atomic mass is 16.2. The Kier molecular flexibility index (Phi) is 3.29. The molecule has 1 aliphatic carbocycles. The van der Waals surface area contributed by atoms with E-state index in [2.05, 4.69) is 15.6 Å². The molecule has 0 unspecified atom stereocenters. The number of nitrogens with zero attached hydrogens (tertiary/aromatic N) is 2. The summed E-state index contributed by atoms with van der Waals surface area (Å²) < 4.78 is 0. The van der Waals surface area contributed by atoms with Crippen LogP contribution in [0.25, 0.3) is 0 Å². The van der Waals surface area contributed by atoms with Crippen LogP contribution in [0.3, 0.4) is 0 Å². The number of carbonyl (C=O) groups is 2. The maximum atomic E-state index is 12.8. The lowest BCUT2D eigenvalue weighted by Crippen LogP contribution is -2.61. The van der Waals surface area contributed by atoms with Crippen molar-refractivity contribution in [2.45, 2.75) is 18.5 Å². The molecule has 0 bridgehead atoms. The first-order valence-corrected chi connectivity index (χ1v) is 9.06. The minimum absolute atomic E-state index is 0.0299. The Morgan fingerprint density at radius 3 is 2.81 bits per heavy atom. The van der Waals surface area contributed by atoms with Crippen LogP contribution < -0.4 is 10.6 Å². The highest BCUT2D eigenvalue weighted by Gasteiger charge is 2.55. The van der Waals surface area contributed by atoms with Crippen LogP contribution in [-0.2, 0) is 0 Å². The van der Waals surface area contributed by atoms with Crippen LogP contribution in [0.5, 0.6) is 0 Å². The van der Waals surface area contributed by atoms with E-state index in [1.54, 1.807) is 12.3 Å². The van der Waals surface area contributed by atoms with E-state index >= 15 is 0 Å². The number of carbonyl (C=O) groups excluding carboxylic acids is 2. The molecule has 3 atom stereocenters. The summed E-state index contributed by atoms with van der Waals surface area (Å²) in [5, 5.41) is 6.80. The minimum atomic E-state index is -0.463. The number of benzene rings is 1. The van der Waals surface area contributed by atoms with Gasteiger partial charge < -0.3 is 15.5 Å². The molecule has 132 valence electrons. The monoisotopic (exact) mass is 348 g/mol. The first-order chi connectivity index (χ1) is 12.7. The van der Waals surface area contributed by atoms with Crippen molar-refractivity contribution in [3.05, 3.63) is 59.9 Å². The fourth-order valence-electron chi connectivity index (χ4n) is 4.78. The van der Waals surface area contributed by atoms with Crippen molar-refractivity contribution < 1.29 is 9.59 Å². The lowest BCUT2D eigenvalue weighted by molar-refractivity contribution is 0.0762. The van der Waals surface area contributed by atoms with Gasteiger partial charge in [-0.25, -0.2) is 0 Å². The van der Waals surface area contributed by atoms with Crippen molar-refractivity contribution >= 4 is 17.5 Å². The molecule has 1 aromatic carbocycles. The number of amides is 2. The highest BCUT2D eigenvalue weighted by Crippen LogP contribution is 2.47. The molecule has 1 aromatic heterocycles. The first kappa shape index (κ1) is 15.4. The molecule has 1 saturated heterocycles. The Morgan fingerprint density at radius 2 is 1.96 bits per heavy atom. The smallest absolute Gasteiger partial charge is 0.272 e. The van der Waals surface area contributed by atoms with Gasteiger partial charge in [-0.3, -0.25) is 14.6 Å². The van der Waals surface area contributed by atoms with Crippen molar-refractivity contribution in [1.82, 2.24) is 15.2 Å². The summed E-state index contributed by atoms with van der Waals surface area (Å²) in [6.07, 6.45) is 3.52. The van der Waals surface area contributed by atoms with Crippen LogP contribution in [0.2, 0.25) is 0 Å². The normalized spacial score (nSPS) is 29.1. The fraction of sp³-hybridized carbons (Fsp3) is 0.350. The Bertz CT molecular complexity index is 884. The van der Waals surface area contributed by atoms with Gasteiger partial charge >= 0.3 is 0 Å². The predicted octanol–water partition coefficient (Wildman–Crippen LogP) is 2.12. The van der Waals surface area contributed by atoms with Gasteiger partial charge in [0.15, 0.2) is 0 Å². The predicted molar refractivity (Wildman–Crippen MR) is 96.6 cm³/mol. The molecule has 3 heterocycles. The zero-order chi connectivity index (χ0) is 17.7. The molecule has 6 heteroatoms. The quantitative estimate of drug-likeness (QED) is 0.828. The number of likely N-dealkylation sites (tertiary alicyclic amines) is 1. The molecule has 2 aliphatic heterocycles. The van der Waals surface area contributed by atoms with Gasteiger partial charge in [0.25, 0.3) is 11.8 Å². The Morgan fingerprint density at radius 1 is 1.12 bits per heavy atom. The Hall–Kier alpha value is -2.89. The summed E-state index contributed by atoms with van der Waals surface area (Å²) in [6.45, 7) is 1.36. The molecule has 6 nitrogen and oxygen atoms in total. The lowest BCUT2D eigenvalue weighted by Gasteiger charge is -2.41. The molecule has 1 saturated carbocycles. The van der Waals surface area contributed by atoms with E-state index in [0.717, 1.165) is 25.1 Å². The van der Waals surface area contributed by atoms with Gasteiger partial charge in [0.05, 0.1) is 5.56 Å². The van der Waals surface area contributed by atoms with Crippen LogP contribution in [-0.4, -0.2) is 40.5 Å². The van der Waals surface area contributed by atoms with Crippen molar-refractivity contribution in [2.75, 3.05) is 18.4 Å². The van der Waals surface area contributed by atoms with Gasteiger partial charge in [-0.2, -0.15) is 0 Å². The summed E-state index contributed by atoms with van der Waals surface area (Å²) in [5.41, 5.74) is 1.58. The number of pyridine rings is 1. The molecule has 26 heavy (non-hydrogen) atoms. The standard InChI is InChI=1S/C20H20N4O2/c25-18-14-5-1-2-6-16(14)22-20(23-18)9-8-13-11-24(12-15(13)20)19(26)17-7-3-4-10-21-17/h1-7,10,13,15,22H,8-9,11-12H2,(H,23,25)/t13-,15+,20+/m1/s1. The number of hydrogen-bond donors (Lipinski definition) is 2. The molecule has 3 aliphatic rings. The van der Waals surface area contributed by atoms with Crippen molar-refractivity contribution in [2.24, 2.45) is 11.8 Å². The molecular formula is C20H20N4O2. The number of nitrogens with one attached hydrogen (secondary N) is 2. The van der Waals surface area contributed by atoms with Crippen LogP contribution in [0.4, 0.5) is 5.69 Å². The number of aromatic nitrogens is 1. The van der Waals surface area contributed by atoms with Gasteiger partial charge in [-0.05, 0) is 43.0 Å². The van der Waals surface area contributed by atoms with Gasteiger partial charge in [-0.1, -0.05) is 18.2 Å². The molecular weight excluding hydrogens is 328 g/mol. The largest absolute Gasteiger partial charge is 0.362 e. The molecule has 2 N–H and O–H groups in total. The van der Waals surface area contributed by atoms with Gasteiger partial charge in [0.2, 0.25) is 0 Å². The molecule has 2 aromatic rings. The van der Waals surface area contributed by atoms with E-state index in [-0.39, 0.29) is 17.7 Å². The second kappa shape index (κ2) is 5.56. The second-order valence-electron chi connectivity index (χ2n) is 7.43. The van der Waals surface area contributed by atoms with E-state index in [9.17, 15) is 9.59 Å². The minimum Gasteiger partial charge on any atom is -0.362 e. The van der Waals surface area contributed by atoms with E-state index in [1.807, 2.05) is 41.3 Å². The first-order valence-electron chi connectivity index (χ1n) is 9.06. The number of rotatable bonds is 1. The van der Waals surface area contributed by atoms with Crippen LogP contribution in [0.1, 0.15) is 33.7 Å². The Balaban J connectivity index is 1.41. The number of anilines is 1. The summed E-state index contributed by atoms with van der Waals surface area (Å²) in [5.74, 6) is 0.528. The maximum Gasteiger partial charge on any atom is 0.272 e. The zero-order valence-electron chi connectivity index (χ0n) is 14.3. The highest BCUT2D eigenvalue weighted by molar-refractivity contribution is 6.02. The zero-order valence-corrected chi connectivity index (χ0v) is 14.3. The van der Waals surface area contributed by atoms with E-state index in [1.165, 1.54) is 0 Å². The van der Waals surface area contributed by atoms with Crippen molar-refractivity contribution in [3.8, 4) is 0 Å². The lowest BCUT2D eigenvalue weighted by atomic mass is 9.89. The number of para-hydroxylation sites is 1. The maximum absolute atomic E-state index is 12.8. The van der Waals surface area contributed by atoms with Crippen LogP contribution in [0, 0.1) is 11.8 Å². The second-order valence-corrected chi connectivity index (χ2v) is 7.43. The van der Waals surface area contributed by atoms with Crippen molar-refractivity contribution in [1.29, 1.82) is 0 Å². The Labute approximate surface area is 151 Å². The molecule has 5 rings (SSSR count). The van der Waals surface area contributed by atoms with Gasteiger partial charge in [0.1, 0.15) is 11.4 Å². The van der Waals surface area contributed by atoms with Gasteiger partial charge in [-0.15, -0.1) is 0 Å². The van der Waals surface area contributed by atoms with E-state index in [0.29, 0.717) is 23.7 Å². The third-order valence-corrected chi connectivity index (χ3v) is 6.02. The molecule has 2 amide bonds. The third kappa shape index (κ3) is 2.21. The number of fused-ring (bicyclic) bond motifs is 3. The van der Waals surface area contributed by atoms with E-state index < -0.39 is 5.66 Å². The number of hydrogen-bond acceptors (Lipinski definition) is 4.